The molecule has 0 aromatic carbocycles. The van der Waals surface area contributed by atoms with Crippen molar-refractivity contribution in [3.05, 3.63) is 0 Å². The molecule has 0 radical (unpaired) electrons. The first-order valence-corrected chi connectivity index (χ1v) is 4.99. The van der Waals surface area contributed by atoms with E-state index < -0.39 is 11.7 Å². The lowest BCUT2D eigenvalue weighted by molar-refractivity contribution is 0.0178. The molecule has 0 aliphatic carbocycles. The molecule has 0 aromatic heterocycles. The van der Waals surface area contributed by atoms with E-state index in [0.29, 0.717) is 13.0 Å². The van der Waals surface area contributed by atoms with Gasteiger partial charge in [-0.15, -0.1) is 0 Å². The van der Waals surface area contributed by atoms with Crippen LogP contribution in [0.15, 0.2) is 0 Å². The Morgan fingerprint density at radius 1 is 1.50 bits per heavy atom. The summed E-state index contributed by atoms with van der Waals surface area (Å²) in [5, 5.41) is 9.47. The van der Waals surface area contributed by atoms with Gasteiger partial charge in [0.05, 0.1) is 12.1 Å². The van der Waals surface area contributed by atoms with Crippen LogP contribution in [0.3, 0.4) is 0 Å². The molecule has 4 heteroatoms. The van der Waals surface area contributed by atoms with E-state index in [4.69, 9.17) is 4.74 Å². The molecule has 1 heterocycles. The largest absolute Gasteiger partial charge is 0.444 e. The van der Waals surface area contributed by atoms with Gasteiger partial charge in [0.25, 0.3) is 0 Å². The molecule has 0 aromatic rings. The van der Waals surface area contributed by atoms with Crippen molar-refractivity contribution in [2.24, 2.45) is 0 Å². The van der Waals surface area contributed by atoms with Crippen LogP contribution in [0.25, 0.3) is 0 Å². The van der Waals surface area contributed by atoms with Crippen LogP contribution in [0, 0.1) is 0 Å². The molecule has 1 unspecified atom stereocenters. The summed E-state index contributed by atoms with van der Waals surface area (Å²) in [5.41, 5.74) is -0.468. The van der Waals surface area contributed by atoms with Gasteiger partial charge in [-0.1, -0.05) is 0 Å². The van der Waals surface area contributed by atoms with E-state index in [-0.39, 0.29) is 12.1 Å². The van der Waals surface area contributed by atoms with Crippen LogP contribution in [-0.2, 0) is 4.74 Å². The highest BCUT2D eigenvalue weighted by atomic mass is 16.6. The minimum atomic E-state index is -0.468. The van der Waals surface area contributed by atoms with Crippen LogP contribution in [0.4, 0.5) is 4.79 Å². The average Bonchev–Trinajstić information content (AvgIpc) is 2.29. The topological polar surface area (TPSA) is 49.8 Å². The Labute approximate surface area is 84.8 Å². The molecular weight excluding hydrogens is 182 g/mol. The maximum atomic E-state index is 11.6. The average molecular weight is 201 g/mol. The Morgan fingerprint density at radius 2 is 2.07 bits per heavy atom. The van der Waals surface area contributed by atoms with Crippen LogP contribution in [0.5, 0.6) is 0 Å². The Morgan fingerprint density at radius 3 is 2.43 bits per heavy atom. The smallest absolute Gasteiger partial charge is 0.410 e. The van der Waals surface area contributed by atoms with E-state index >= 15 is 0 Å². The van der Waals surface area contributed by atoms with Gasteiger partial charge in [-0.05, 0) is 34.1 Å². The van der Waals surface area contributed by atoms with Crippen molar-refractivity contribution in [3.63, 3.8) is 0 Å². The first-order valence-electron chi connectivity index (χ1n) is 4.99. The SMILES string of the molecule is C[C@H]1C(O)CCN1C(=O)OC(C)(C)C. The molecule has 82 valence electrons. The van der Waals surface area contributed by atoms with Crippen molar-refractivity contribution < 1.29 is 14.6 Å². The number of hydrogen-bond donors (Lipinski definition) is 1. The van der Waals surface area contributed by atoms with E-state index in [1.54, 1.807) is 4.90 Å². The van der Waals surface area contributed by atoms with Gasteiger partial charge in [0.15, 0.2) is 0 Å². The molecule has 1 aliphatic heterocycles. The lowest BCUT2D eigenvalue weighted by Crippen LogP contribution is -2.40. The molecule has 4 nitrogen and oxygen atoms in total. The zero-order chi connectivity index (χ0) is 10.9. The van der Waals surface area contributed by atoms with Crippen molar-refractivity contribution in [2.75, 3.05) is 6.54 Å². The molecule has 0 saturated carbocycles. The predicted octanol–water partition coefficient (Wildman–Crippen LogP) is 1.38. The molecule has 1 N–H and O–H groups in total. The third-order valence-electron chi connectivity index (χ3n) is 2.34. The minimum Gasteiger partial charge on any atom is -0.444 e. The van der Waals surface area contributed by atoms with Crippen LogP contribution in [0.1, 0.15) is 34.1 Å². The first-order chi connectivity index (χ1) is 6.31. The van der Waals surface area contributed by atoms with Crippen molar-refractivity contribution >= 4 is 6.09 Å². The van der Waals surface area contributed by atoms with E-state index in [9.17, 15) is 9.90 Å². The Bertz CT molecular complexity index is 222. The van der Waals surface area contributed by atoms with Crippen molar-refractivity contribution in [3.8, 4) is 0 Å². The van der Waals surface area contributed by atoms with Gasteiger partial charge in [0.2, 0.25) is 0 Å². The van der Waals surface area contributed by atoms with Crippen LogP contribution in [0.2, 0.25) is 0 Å². The highest BCUT2D eigenvalue weighted by molar-refractivity contribution is 5.69. The van der Waals surface area contributed by atoms with Crippen molar-refractivity contribution in [1.29, 1.82) is 0 Å². The third kappa shape index (κ3) is 2.61. The summed E-state index contributed by atoms with van der Waals surface area (Å²) >= 11 is 0. The molecule has 1 aliphatic rings. The molecular formula is C10H19NO3. The second-order valence-electron chi connectivity index (χ2n) is 4.77. The van der Waals surface area contributed by atoms with E-state index in [2.05, 4.69) is 0 Å². The summed E-state index contributed by atoms with van der Waals surface area (Å²) in [6.07, 6.45) is -0.107. The number of ether oxygens (including phenoxy) is 1. The molecule has 2 atom stereocenters. The monoisotopic (exact) mass is 201 g/mol. The minimum absolute atomic E-state index is 0.134. The number of carbonyl (C=O) groups excluding carboxylic acids is 1. The maximum absolute atomic E-state index is 11.6. The van der Waals surface area contributed by atoms with Gasteiger partial charge < -0.3 is 14.7 Å². The maximum Gasteiger partial charge on any atom is 0.410 e. The van der Waals surface area contributed by atoms with E-state index in [1.165, 1.54) is 0 Å². The summed E-state index contributed by atoms with van der Waals surface area (Å²) in [6, 6.07) is -0.134. The highest BCUT2D eigenvalue weighted by Gasteiger charge is 2.34. The zero-order valence-electron chi connectivity index (χ0n) is 9.28. The number of rotatable bonds is 0. The fourth-order valence-electron chi connectivity index (χ4n) is 1.50. The molecule has 1 rings (SSSR count). The lowest BCUT2D eigenvalue weighted by atomic mass is 10.2. The predicted molar refractivity (Wildman–Crippen MR) is 53.0 cm³/mol. The number of aliphatic hydroxyl groups is 1. The van der Waals surface area contributed by atoms with Crippen molar-refractivity contribution in [1.82, 2.24) is 4.90 Å². The third-order valence-corrected chi connectivity index (χ3v) is 2.34. The Kier molecular flexibility index (Phi) is 3.04. The van der Waals surface area contributed by atoms with Crippen molar-refractivity contribution in [2.45, 2.75) is 51.9 Å². The van der Waals surface area contributed by atoms with Gasteiger partial charge in [-0.25, -0.2) is 4.79 Å². The van der Waals surface area contributed by atoms with Crippen LogP contribution in [-0.4, -0.2) is 40.4 Å². The van der Waals surface area contributed by atoms with Gasteiger partial charge in [-0.3, -0.25) is 0 Å². The number of amides is 1. The normalized spacial score (nSPS) is 27.9. The molecule has 0 bridgehead atoms. The van der Waals surface area contributed by atoms with Gasteiger partial charge in [0.1, 0.15) is 5.60 Å². The second-order valence-corrected chi connectivity index (χ2v) is 4.77. The van der Waals surface area contributed by atoms with E-state index in [1.807, 2.05) is 27.7 Å². The Balaban J connectivity index is 2.54. The van der Waals surface area contributed by atoms with Crippen LogP contribution < -0.4 is 0 Å². The van der Waals surface area contributed by atoms with Gasteiger partial charge in [0, 0.05) is 6.54 Å². The highest BCUT2D eigenvalue weighted by Crippen LogP contribution is 2.20. The number of nitrogens with zero attached hydrogens (tertiary/aromatic N) is 1. The molecule has 1 saturated heterocycles. The fourth-order valence-corrected chi connectivity index (χ4v) is 1.50. The second kappa shape index (κ2) is 3.77. The number of carbonyl (C=O) groups is 1. The summed E-state index contributed by atoms with van der Waals surface area (Å²) in [4.78, 5) is 13.2. The molecule has 1 amide bonds. The van der Waals surface area contributed by atoms with Gasteiger partial charge in [-0.2, -0.15) is 0 Å². The number of aliphatic hydroxyl groups excluding tert-OH is 1. The summed E-state index contributed by atoms with van der Waals surface area (Å²) < 4.78 is 5.22. The lowest BCUT2D eigenvalue weighted by Gasteiger charge is -2.27. The first kappa shape index (κ1) is 11.3. The quantitative estimate of drug-likeness (QED) is 0.644. The summed E-state index contributed by atoms with van der Waals surface area (Å²) in [5.74, 6) is 0. The van der Waals surface area contributed by atoms with Crippen LogP contribution >= 0.6 is 0 Å². The van der Waals surface area contributed by atoms with E-state index in [0.717, 1.165) is 0 Å². The number of hydrogen-bond acceptors (Lipinski definition) is 3. The molecule has 1 fully saturated rings. The standard InChI is InChI=1S/C10H19NO3/c1-7-8(12)5-6-11(7)9(13)14-10(2,3)4/h7-8,12H,5-6H2,1-4H3/t7-,8?/m0/s1. The zero-order valence-corrected chi connectivity index (χ0v) is 9.28. The van der Waals surface area contributed by atoms with Gasteiger partial charge >= 0.3 is 6.09 Å². The summed E-state index contributed by atoms with van der Waals surface area (Å²) in [7, 11) is 0. The Hall–Kier alpha value is -0.770. The number of likely N-dealkylation sites (tertiary alicyclic amines) is 1. The fraction of sp³-hybridized carbons (Fsp3) is 0.900. The molecule has 14 heavy (non-hydrogen) atoms. The molecule has 0 spiro atoms. The summed E-state index contributed by atoms with van der Waals surface area (Å²) in [6.45, 7) is 7.92.